The summed E-state index contributed by atoms with van der Waals surface area (Å²) in [5.41, 5.74) is 6.69. The van der Waals surface area contributed by atoms with Crippen molar-refractivity contribution in [3.05, 3.63) is 57.7 Å². The third-order valence-corrected chi connectivity index (χ3v) is 7.39. The van der Waals surface area contributed by atoms with Crippen LogP contribution in [-0.4, -0.2) is 44.0 Å². The van der Waals surface area contributed by atoms with Crippen molar-refractivity contribution in [2.24, 2.45) is 0 Å². The smallest absolute Gasteiger partial charge is 0.388 e. The van der Waals surface area contributed by atoms with E-state index in [1.54, 1.807) is 7.11 Å². The molecule has 1 aliphatic carbocycles. The Hall–Kier alpha value is -3.79. The highest BCUT2D eigenvalue weighted by atomic mass is 19.3. The minimum atomic E-state index is -2.70. The second-order valence-corrected chi connectivity index (χ2v) is 9.54. The number of nitrogens with zero attached hydrogens (tertiary/aromatic N) is 4. The Balaban J connectivity index is 1.56. The zero-order chi connectivity index (χ0) is 25.9. The molecule has 10 heteroatoms. The van der Waals surface area contributed by atoms with Crippen LogP contribution in [0, 0.1) is 6.92 Å². The fourth-order valence-corrected chi connectivity index (χ4v) is 5.64. The fraction of sp³-hybridized carbons (Fsp3) is 0.370. The number of imidazole rings is 1. The topological polar surface area (TPSA) is 90.9 Å². The Morgan fingerprint density at radius 1 is 1.19 bits per heavy atom. The van der Waals surface area contributed by atoms with E-state index >= 15 is 0 Å². The molecule has 0 atom stereocenters. The highest BCUT2D eigenvalue weighted by Gasteiger charge is 2.37. The quantitative estimate of drug-likeness (QED) is 0.345. The monoisotopic (exact) mass is 507 g/mol. The number of methoxy groups -OCH3 is 1. The first-order valence-electron chi connectivity index (χ1n) is 12.4. The van der Waals surface area contributed by atoms with Crippen LogP contribution < -0.4 is 5.76 Å². The van der Waals surface area contributed by atoms with E-state index in [1.807, 2.05) is 44.2 Å². The molecule has 0 spiro atoms. The molecule has 3 aromatic heterocycles. The zero-order valence-electron chi connectivity index (χ0n) is 20.9. The Labute approximate surface area is 210 Å². The molecule has 0 bridgehead atoms. The molecule has 1 aliphatic rings. The number of rotatable bonds is 6. The minimum Gasteiger partial charge on any atom is -0.388 e. The second-order valence-electron chi connectivity index (χ2n) is 9.54. The van der Waals surface area contributed by atoms with Gasteiger partial charge in [-0.2, -0.15) is 0 Å². The van der Waals surface area contributed by atoms with E-state index < -0.39 is 11.7 Å². The number of aryl methyl sites for hydroxylation is 2. The summed E-state index contributed by atoms with van der Waals surface area (Å²) in [4.78, 5) is 16.5. The van der Waals surface area contributed by atoms with E-state index in [9.17, 15) is 13.6 Å². The SMILES string of the molecule is CCn1c2c(c3cc(-c4nc5c(C)c(-c6n[nH]c(=O)o6)ccc5n4CCOC)ccc31)CC(F)(F)CC2. The summed E-state index contributed by atoms with van der Waals surface area (Å²) in [5.74, 6) is -2.40. The van der Waals surface area contributed by atoms with E-state index in [4.69, 9.17) is 14.1 Å². The third kappa shape index (κ3) is 3.78. The third-order valence-electron chi connectivity index (χ3n) is 7.39. The number of aromatic nitrogens is 5. The maximum absolute atomic E-state index is 14.4. The number of halogens is 2. The molecule has 0 fully saturated rings. The molecule has 192 valence electrons. The van der Waals surface area contributed by atoms with Gasteiger partial charge in [-0.25, -0.2) is 23.7 Å². The van der Waals surface area contributed by atoms with Gasteiger partial charge < -0.3 is 18.3 Å². The Bertz CT molecular complexity index is 1710. The van der Waals surface area contributed by atoms with Gasteiger partial charge >= 0.3 is 5.76 Å². The number of nitrogens with one attached hydrogen (secondary N) is 1. The number of alkyl halides is 2. The van der Waals surface area contributed by atoms with Gasteiger partial charge in [0.2, 0.25) is 5.89 Å². The van der Waals surface area contributed by atoms with Crippen molar-refractivity contribution in [3.63, 3.8) is 0 Å². The maximum atomic E-state index is 14.4. The van der Waals surface area contributed by atoms with E-state index in [2.05, 4.69) is 19.3 Å². The average Bonchev–Trinajstić information content (AvgIpc) is 3.55. The normalized spacial score (nSPS) is 15.1. The molecule has 0 unspecified atom stereocenters. The lowest BCUT2D eigenvalue weighted by Gasteiger charge is -2.23. The van der Waals surface area contributed by atoms with Crippen molar-refractivity contribution in [2.75, 3.05) is 13.7 Å². The number of hydrogen-bond donors (Lipinski definition) is 1. The van der Waals surface area contributed by atoms with Crippen molar-refractivity contribution in [3.8, 4) is 22.8 Å². The molecule has 37 heavy (non-hydrogen) atoms. The van der Waals surface area contributed by atoms with Gasteiger partial charge in [-0.15, -0.1) is 5.10 Å². The van der Waals surface area contributed by atoms with Crippen molar-refractivity contribution in [2.45, 2.75) is 52.1 Å². The number of aromatic amines is 1. The van der Waals surface area contributed by atoms with Gasteiger partial charge in [-0.1, -0.05) is 0 Å². The van der Waals surface area contributed by atoms with Gasteiger partial charge in [-0.3, -0.25) is 0 Å². The van der Waals surface area contributed by atoms with E-state index in [1.165, 1.54) is 0 Å². The molecule has 2 aromatic carbocycles. The van der Waals surface area contributed by atoms with Crippen LogP contribution in [0.3, 0.4) is 0 Å². The van der Waals surface area contributed by atoms with E-state index in [0.29, 0.717) is 25.1 Å². The van der Waals surface area contributed by atoms with E-state index in [-0.39, 0.29) is 18.7 Å². The standard InChI is InChI=1S/C27H27F2N5O3/c1-4-33-20-7-5-16(13-18(20)19-14-27(28,29)10-9-21(19)33)24-30-23-15(2)17(25-31-32-26(35)37-25)6-8-22(23)34(24)11-12-36-3/h5-8,13H,4,9-12,14H2,1-3H3,(H,32,35). The lowest BCUT2D eigenvalue weighted by molar-refractivity contribution is -0.0125. The van der Waals surface area contributed by atoms with Gasteiger partial charge in [0.1, 0.15) is 5.82 Å². The zero-order valence-corrected chi connectivity index (χ0v) is 20.9. The van der Waals surface area contributed by atoms with Crippen LogP contribution in [0.2, 0.25) is 0 Å². The number of hydrogen-bond acceptors (Lipinski definition) is 5. The van der Waals surface area contributed by atoms with Crippen molar-refractivity contribution in [1.29, 1.82) is 0 Å². The summed E-state index contributed by atoms with van der Waals surface area (Å²) in [6, 6.07) is 9.80. The molecule has 3 heterocycles. The first-order chi connectivity index (χ1) is 17.8. The molecule has 5 aromatic rings. The van der Waals surface area contributed by atoms with Crippen LogP contribution in [0.25, 0.3) is 44.8 Å². The van der Waals surface area contributed by atoms with Crippen LogP contribution >= 0.6 is 0 Å². The number of ether oxygens (including phenoxy) is 1. The summed E-state index contributed by atoms with van der Waals surface area (Å²) in [5, 5.41) is 7.12. The van der Waals surface area contributed by atoms with Crippen molar-refractivity contribution >= 4 is 21.9 Å². The molecular weight excluding hydrogens is 480 g/mol. The summed E-state index contributed by atoms with van der Waals surface area (Å²) in [7, 11) is 1.65. The van der Waals surface area contributed by atoms with Crippen LogP contribution in [0.15, 0.2) is 39.5 Å². The molecule has 0 saturated heterocycles. The number of fused-ring (bicyclic) bond motifs is 4. The Morgan fingerprint density at radius 3 is 2.73 bits per heavy atom. The first kappa shape index (κ1) is 23.6. The van der Waals surface area contributed by atoms with Crippen LogP contribution in [0.4, 0.5) is 8.78 Å². The fourth-order valence-electron chi connectivity index (χ4n) is 5.64. The highest BCUT2D eigenvalue weighted by Crippen LogP contribution is 2.40. The Morgan fingerprint density at radius 2 is 2.00 bits per heavy atom. The van der Waals surface area contributed by atoms with Crippen LogP contribution in [-0.2, 0) is 30.7 Å². The van der Waals surface area contributed by atoms with E-state index in [0.717, 1.165) is 56.7 Å². The Kier molecular flexibility index (Phi) is 5.52. The summed E-state index contributed by atoms with van der Waals surface area (Å²) < 4.78 is 43.7. The summed E-state index contributed by atoms with van der Waals surface area (Å²) in [6.45, 7) is 5.72. The molecule has 8 nitrogen and oxygen atoms in total. The minimum absolute atomic E-state index is 0.117. The van der Waals surface area contributed by atoms with Gasteiger partial charge in [0.25, 0.3) is 5.92 Å². The van der Waals surface area contributed by atoms with Crippen molar-refractivity contribution in [1.82, 2.24) is 24.3 Å². The van der Waals surface area contributed by atoms with Gasteiger partial charge in [-0.05, 0) is 61.7 Å². The largest absolute Gasteiger partial charge is 0.434 e. The molecule has 6 rings (SSSR count). The molecule has 0 saturated carbocycles. The molecule has 0 aliphatic heterocycles. The molecular formula is C27H27F2N5O3. The lowest BCUT2D eigenvalue weighted by Crippen LogP contribution is -2.26. The summed E-state index contributed by atoms with van der Waals surface area (Å²) >= 11 is 0. The summed E-state index contributed by atoms with van der Waals surface area (Å²) in [6.07, 6.45) is 0.0122. The molecule has 0 amide bonds. The molecule has 1 N–H and O–H groups in total. The maximum Gasteiger partial charge on any atom is 0.434 e. The van der Waals surface area contributed by atoms with Gasteiger partial charge in [0.15, 0.2) is 0 Å². The first-order valence-corrected chi connectivity index (χ1v) is 12.4. The predicted molar refractivity (Wildman–Crippen MR) is 136 cm³/mol. The molecule has 0 radical (unpaired) electrons. The van der Waals surface area contributed by atoms with Gasteiger partial charge in [0.05, 0.1) is 17.6 Å². The second kappa shape index (κ2) is 8.65. The highest BCUT2D eigenvalue weighted by molar-refractivity contribution is 5.92. The van der Waals surface area contributed by atoms with Gasteiger partial charge in [0, 0.05) is 60.8 Å². The number of H-pyrrole nitrogens is 1. The predicted octanol–water partition coefficient (Wildman–Crippen LogP) is 5.10. The number of benzene rings is 2. The van der Waals surface area contributed by atoms with Crippen LogP contribution in [0.5, 0.6) is 0 Å². The van der Waals surface area contributed by atoms with Crippen molar-refractivity contribution < 1.29 is 17.9 Å². The van der Waals surface area contributed by atoms with Crippen LogP contribution in [0.1, 0.15) is 30.2 Å². The average molecular weight is 508 g/mol. The lowest BCUT2D eigenvalue weighted by atomic mass is 9.92.